The van der Waals surface area contributed by atoms with Gasteiger partial charge in [0.25, 0.3) is 5.91 Å². The second kappa shape index (κ2) is 5.32. The van der Waals surface area contributed by atoms with Crippen LogP contribution in [-0.2, 0) is 9.59 Å². The molecule has 0 radical (unpaired) electrons. The molecule has 0 aliphatic heterocycles. The van der Waals surface area contributed by atoms with Crippen LogP contribution in [0, 0.1) is 0 Å². The fourth-order valence-corrected chi connectivity index (χ4v) is 1.30. The number of halogens is 1. The maximum absolute atomic E-state index is 11.0. The number of carbonyl (C=O) groups excluding carboxylic acids is 2. The standard InChI is InChI=1S/C11H11ClN2O2/c1-7(15)14-10(11(13)16)6-8-4-2-3-5-9(8)12/h2-6H,1H3,(H2,13,16)(H,14,15)/b10-6-. The van der Waals surface area contributed by atoms with Crippen molar-refractivity contribution in [3.05, 3.63) is 40.5 Å². The Kier molecular flexibility index (Phi) is 4.08. The van der Waals surface area contributed by atoms with Crippen LogP contribution >= 0.6 is 11.6 Å². The van der Waals surface area contributed by atoms with Gasteiger partial charge in [0, 0.05) is 11.9 Å². The van der Waals surface area contributed by atoms with E-state index in [2.05, 4.69) is 5.32 Å². The quantitative estimate of drug-likeness (QED) is 0.780. The largest absolute Gasteiger partial charge is 0.364 e. The van der Waals surface area contributed by atoms with Gasteiger partial charge in [-0.05, 0) is 17.7 Å². The van der Waals surface area contributed by atoms with E-state index in [0.717, 1.165) is 0 Å². The average Bonchev–Trinajstić information content (AvgIpc) is 2.19. The van der Waals surface area contributed by atoms with Crippen molar-refractivity contribution >= 4 is 29.5 Å². The molecule has 2 amide bonds. The van der Waals surface area contributed by atoms with E-state index >= 15 is 0 Å². The minimum absolute atomic E-state index is 0.0144. The molecular formula is C11H11ClN2O2. The molecule has 4 nitrogen and oxygen atoms in total. The van der Waals surface area contributed by atoms with Crippen molar-refractivity contribution in [3.63, 3.8) is 0 Å². The van der Waals surface area contributed by atoms with E-state index in [9.17, 15) is 9.59 Å². The van der Waals surface area contributed by atoms with Gasteiger partial charge in [0.15, 0.2) is 0 Å². The zero-order valence-electron chi connectivity index (χ0n) is 8.66. The van der Waals surface area contributed by atoms with Crippen molar-refractivity contribution in [2.24, 2.45) is 5.73 Å². The van der Waals surface area contributed by atoms with Crippen LogP contribution in [0.1, 0.15) is 12.5 Å². The van der Waals surface area contributed by atoms with Gasteiger partial charge in [-0.15, -0.1) is 0 Å². The number of amides is 2. The molecule has 0 fully saturated rings. The summed E-state index contributed by atoms with van der Waals surface area (Å²) in [6.45, 7) is 1.30. The molecule has 1 rings (SSSR count). The number of hydrogen-bond acceptors (Lipinski definition) is 2. The lowest BCUT2D eigenvalue weighted by atomic mass is 10.2. The second-order valence-electron chi connectivity index (χ2n) is 3.12. The third kappa shape index (κ3) is 3.40. The van der Waals surface area contributed by atoms with Gasteiger partial charge < -0.3 is 11.1 Å². The van der Waals surface area contributed by atoms with Crippen LogP contribution in [0.25, 0.3) is 6.08 Å². The molecule has 0 aromatic heterocycles. The third-order valence-corrected chi connectivity index (χ3v) is 2.13. The lowest BCUT2D eigenvalue weighted by Gasteiger charge is -2.04. The summed E-state index contributed by atoms with van der Waals surface area (Å²) in [5.41, 5.74) is 5.75. The topological polar surface area (TPSA) is 72.2 Å². The van der Waals surface area contributed by atoms with Gasteiger partial charge >= 0.3 is 0 Å². The summed E-state index contributed by atoms with van der Waals surface area (Å²) in [5, 5.41) is 2.82. The third-order valence-electron chi connectivity index (χ3n) is 1.78. The van der Waals surface area contributed by atoms with Gasteiger partial charge in [0.05, 0.1) is 0 Å². The molecule has 0 bridgehead atoms. The zero-order chi connectivity index (χ0) is 12.1. The number of rotatable bonds is 3. The van der Waals surface area contributed by atoms with Crippen molar-refractivity contribution < 1.29 is 9.59 Å². The average molecular weight is 239 g/mol. The maximum atomic E-state index is 11.0. The Labute approximate surface area is 98.1 Å². The Morgan fingerprint density at radius 3 is 2.50 bits per heavy atom. The molecular weight excluding hydrogens is 228 g/mol. The van der Waals surface area contributed by atoms with E-state index in [1.807, 2.05) is 0 Å². The molecule has 0 saturated heterocycles. The summed E-state index contributed by atoms with van der Waals surface area (Å²) >= 11 is 5.90. The Morgan fingerprint density at radius 2 is 2.00 bits per heavy atom. The van der Waals surface area contributed by atoms with Gasteiger partial charge in [0.1, 0.15) is 5.70 Å². The SMILES string of the molecule is CC(=O)N/C(=C\c1ccccc1Cl)C(N)=O. The lowest BCUT2D eigenvalue weighted by Crippen LogP contribution is -2.29. The van der Waals surface area contributed by atoms with E-state index in [4.69, 9.17) is 17.3 Å². The van der Waals surface area contributed by atoms with Gasteiger partial charge in [-0.3, -0.25) is 9.59 Å². The van der Waals surface area contributed by atoms with Gasteiger partial charge in [-0.2, -0.15) is 0 Å². The first-order chi connectivity index (χ1) is 7.50. The molecule has 0 unspecified atom stereocenters. The predicted octanol–water partition coefficient (Wildman–Crippen LogP) is 1.30. The first-order valence-corrected chi connectivity index (χ1v) is 4.92. The van der Waals surface area contributed by atoms with Crippen LogP contribution in [0.2, 0.25) is 5.02 Å². The summed E-state index contributed by atoms with van der Waals surface area (Å²) in [7, 11) is 0. The molecule has 0 aliphatic carbocycles. The van der Waals surface area contributed by atoms with Gasteiger partial charge in [-0.1, -0.05) is 29.8 Å². The van der Waals surface area contributed by atoms with Crippen LogP contribution < -0.4 is 11.1 Å². The molecule has 3 N–H and O–H groups in total. The number of carbonyl (C=O) groups is 2. The first-order valence-electron chi connectivity index (χ1n) is 4.54. The van der Waals surface area contributed by atoms with Crippen LogP contribution in [0.3, 0.4) is 0 Å². The van der Waals surface area contributed by atoms with Crippen molar-refractivity contribution in [1.29, 1.82) is 0 Å². The van der Waals surface area contributed by atoms with Crippen LogP contribution in [-0.4, -0.2) is 11.8 Å². The molecule has 16 heavy (non-hydrogen) atoms. The molecule has 0 heterocycles. The highest BCUT2D eigenvalue weighted by atomic mass is 35.5. The smallest absolute Gasteiger partial charge is 0.265 e. The van der Waals surface area contributed by atoms with E-state index in [0.29, 0.717) is 10.6 Å². The van der Waals surface area contributed by atoms with E-state index in [1.165, 1.54) is 13.0 Å². The predicted molar refractivity (Wildman–Crippen MR) is 62.4 cm³/mol. The Hall–Kier alpha value is -1.81. The fraction of sp³-hybridized carbons (Fsp3) is 0.0909. The van der Waals surface area contributed by atoms with E-state index < -0.39 is 5.91 Å². The van der Waals surface area contributed by atoms with Crippen molar-refractivity contribution in [2.75, 3.05) is 0 Å². The molecule has 5 heteroatoms. The summed E-state index contributed by atoms with van der Waals surface area (Å²) in [5.74, 6) is -1.08. The molecule has 84 valence electrons. The highest BCUT2D eigenvalue weighted by molar-refractivity contribution is 6.32. The highest BCUT2D eigenvalue weighted by Gasteiger charge is 2.07. The number of primary amides is 1. The number of hydrogen-bond donors (Lipinski definition) is 2. The molecule has 0 aliphatic rings. The molecule has 0 spiro atoms. The second-order valence-corrected chi connectivity index (χ2v) is 3.53. The van der Waals surface area contributed by atoms with Crippen molar-refractivity contribution in [3.8, 4) is 0 Å². The molecule has 0 saturated carbocycles. The molecule has 0 atom stereocenters. The summed E-state index contributed by atoms with van der Waals surface area (Å²) in [6, 6.07) is 6.93. The summed E-state index contributed by atoms with van der Waals surface area (Å²) in [6.07, 6.45) is 1.44. The minimum Gasteiger partial charge on any atom is -0.364 e. The first kappa shape index (κ1) is 12.3. The zero-order valence-corrected chi connectivity index (χ0v) is 9.41. The molecule has 1 aromatic carbocycles. The fourth-order valence-electron chi connectivity index (χ4n) is 1.11. The number of benzene rings is 1. The summed E-state index contributed by atoms with van der Waals surface area (Å²) < 4.78 is 0. The number of nitrogens with one attached hydrogen (secondary N) is 1. The Bertz CT molecular complexity index is 455. The monoisotopic (exact) mass is 238 g/mol. The van der Waals surface area contributed by atoms with E-state index in [1.54, 1.807) is 24.3 Å². The Morgan fingerprint density at radius 1 is 1.38 bits per heavy atom. The minimum atomic E-state index is -0.713. The Balaban J connectivity index is 3.07. The van der Waals surface area contributed by atoms with Gasteiger partial charge in [-0.25, -0.2) is 0 Å². The molecule has 1 aromatic rings. The van der Waals surface area contributed by atoms with Crippen LogP contribution in [0.5, 0.6) is 0 Å². The van der Waals surface area contributed by atoms with E-state index in [-0.39, 0.29) is 11.6 Å². The lowest BCUT2D eigenvalue weighted by molar-refractivity contribution is -0.121. The van der Waals surface area contributed by atoms with Gasteiger partial charge in [0.2, 0.25) is 5.91 Å². The number of nitrogens with two attached hydrogens (primary N) is 1. The normalized spacial score (nSPS) is 11.0. The van der Waals surface area contributed by atoms with Crippen molar-refractivity contribution in [2.45, 2.75) is 6.92 Å². The maximum Gasteiger partial charge on any atom is 0.265 e. The van der Waals surface area contributed by atoms with Crippen LogP contribution in [0.15, 0.2) is 30.0 Å². The van der Waals surface area contributed by atoms with Crippen molar-refractivity contribution in [1.82, 2.24) is 5.32 Å². The van der Waals surface area contributed by atoms with Crippen LogP contribution in [0.4, 0.5) is 0 Å². The highest BCUT2D eigenvalue weighted by Crippen LogP contribution is 2.17. The summed E-state index contributed by atoms with van der Waals surface area (Å²) in [4.78, 5) is 21.9.